The number of ether oxygens (including phenoxy) is 1. The highest BCUT2D eigenvalue weighted by atomic mass is 79.9. The van der Waals surface area contributed by atoms with Gasteiger partial charge in [0, 0.05) is 23.5 Å². The number of rotatable bonds is 5. The Hall–Kier alpha value is -0.390. The maximum absolute atomic E-state index is 12.3. The molecule has 0 aliphatic carbocycles. The molecular weight excluding hydrogens is 386 g/mol. The SMILES string of the molecule is O=C(OC1(c2ccccc2)CCNCC1)C(CBr)CBr. The molecule has 1 aliphatic rings. The van der Waals surface area contributed by atoms with Crippen LogP contribution in [0.1, 0.15) is 18.4 Å². The summed E-state index contributed by atoms with van der Waals surface area (Å²) in [5, 5.41) is 4.55. The van der Waals surface area contributed by atoms with Crippen molar-refractivity contribution >= 4 is 37.8 Å². The molecule has 0 bridgehead atoms. The van der Waals surface area contributed by atoms with Crippen molar-refractivity contribution in [3.8, 4) is 0 Å². The molecule has 1 saturated heterocycles. The first-order valence-electron chi connectivity index (χ1n) is 6.83. The number of nitrogens with one attached hydrogen (secondary N) is 1. The molecule has 2 rings (SSSR count). The summed E-state index contributed by atoms with van der Waals surface area (Å²) in [6, 6.07) is 10.1. The quantitative estimate of drug-likeness (QED) is 0.604. The number of piperidine rings is 1. The molecule has 0 saturated carbocycles. The van der Waals surface area contributed by atoms with E-state index < -0.39 is 5.60 Å². The van der Waals surface area contributed by atoms with Crippen LogP contribution in [-0.4, -0.2) is 29.7 Å². The lowest BCUT2D eigenvalue weighted by molar-refractivity contribution is -0.167. The zero-order chi connectivity index (χ0) is 14.4. The van der Waals surface area contributed by atoms with Crippen LogP contribution >= 0.6 is 31.9 Å². The first-order chi connectivity index (χ1) is 9.72. The summed E-state index contributed by atoms with van der Waals surface area (Å²) in [5.41, 5.74) is 0.615. The van der Waals surface area contributed by atoms with Gasteiger partial charge in [-0.2, -0.15) is 0 Å². The number of alkyl halides is 2. The first kappa shape index (κ1) is 16.0. The molecule has 3 nitrogen and oxygen atoms in total. The van der Waals surface area contributed by atoms with Crippen LogP contribution < -0.4 is 5.32 Å². The first-order valence-corrected chi connectivity index (χ1v) is 9.07. The highest BCUT2D eigenvalue weighted by Gasteiger charge is 2.39. The molecule has 0 atom stereocenters. The molecule has 1 aromatic carbocycles. The van der Waals surface area contributed by atoms with E-state index in [2.05, 4.69) is 49.3 Å². The standard InChI is InChI=1S/C15H19Br2NO2/c16-10-12(11-17)14(19)20-15(6-8-18-9-7-15)13-4-2-1-3-5-13/h1-5,12,18H,6-11H2. The zero-order valence-electron chi connectivity index (χ0n) is 11.3. The van der Waals surface area contributed by atoms with Crippen LogP contribution in [0.3, 0.4) is 0 Å². The number of carbonyl (C=O) groups is 1. The van der Waals surface area contributed by atoms with E-state index in [-0.39, 0.29) is 11.9 Å². The third-order valence-corrected chi connectivity index (χ3v) is 5.28. The third-order valence-electron chi connectivity index (χ3n) is 3.71. The number of hydrogen-bond acceptors (Lipinski definition) is 3. The van der Waals surface area contributed by atoms with Crippen molar-refractivity contribution in [1.29, 1.82) is 0 Å². The molecule has 0 radical (unpaired) electrons. The number of halogens is 2. The lowest BCUT2D eigenvalue weighted by atomic mass is 9.84. The summed E-state index contributed by atoms with van der Waals surface area (Å²) < 4.78 is 5.97. The summed E-state index contributed by atoms with van der Waals surface area (Å²) in [4.78, 5) is 12.3. The fourth-order valence-corrected chi connectivity index (χ4v) is 4.07. The maximum Gasteiger partial charge on any atom is 0.311 e. The van der Waals surface area contributed by atoms with Crippen LogP contribution in [0.15, 0.2) is 30.3 Å². The van der Waals surface area contributed by atoms with Gasteiger partial charge in [0.1, 0.15) is 5.60 Å². The number of benzene rings is 1. The lowest BCUT2D eigenvalue weighted by Gasteiger charge is -2.38. The van der Waals surface area contributed by atoms with E-state index in [9.17, 15) is 4.79 Å². The fraction of sp³-hybridized carbons (Fsp3) is 0.533. The molecule has 1 fully saturated rings. The fourth-order valence-electron chi connectivity index (χ4n) is 2.47. The van der Waals surface area contributed by atoms with E-state index in [1.54, 1.807) is 0 Å². The van der Waals surface area contributed by atoms with E-state index in [0.717, 1.165) is 31.5 Å². The molecule has 1 aliphatic heterocycles. The van der Waals surface area contributed by atoms with E-state index >= 15 is 0 Å². The van der Waals surface area contributed by atoms with Crippen molar-refractivity contribution in [1.82, 2.24) is 5.32 Å². The van der Waals surface area contributed by atoms with Crippen molar-refractivity contribution in [3.05, 3.63) is 35.9 Å². The Morgan fingerprint density at radius 1 is 1.20 bits per heavy atom. The molecule has 1 aromatic rings. The molecule has 20 heavy (non-hydrogen) atoms. The summed E-state index contributed by atoms with van der Waals surface area (Å²) >= 11 is 6.74. The molecule has 1 N–H and O–H groups in total. The zero-order valence-corrected chi connectivity index (χ0v) is 14.5. The second-order valence-corrected chi connectivity index (χ2v) is 6.33. The molecule has 1 heterocycles. The molecule has 110 valence electrons. The Kier molecular flexibility index (Phi) is 6.05. The van der Waals surface area contributed by atoms with Gasteiger partial charge in [0.25, 0.3) is 0 Å². The minimum atomic E-state index is -0.480. The predicted octanol–water partition coefficient (Wildman–Crippen LogP) is 3.21. The molecule has 0 amide bonds. The van der Waals surface area contributed by atoms with Gasteiger partial charge in [-0.05, 0) is 18.7 Å². The van der Waals surface area contributed by atoms with Crippen LogP contribution in [0.25, 0.3) is 0 Å². The van der Waals surface area contributed by atoms with E-state index in [1.807, 2.05) is 18.2 Å². The van der Waals surface area contributed by atoms with Crippen LogP contribution in [0, 0.1) is 5.92 Å². The number of carbonyl (C=O) groups excluding carboxylic acids is 1. The highest BCUT2D eigenvalue weighted by molar-refractivity contribution is 9.09. The van der Waals surface area contributed by atoms with Crippen LogP contribution in [0.5, 0.6) is 0 Å². The minimum absolute atomic E-state index is 0.135. The average Bonchev–Trinajstić information content (AvgIpc) is 2.50. The summed E-state index contributed by atoms with van der Waals surface area (Å²) in [7, 11) is 0. The van der Waals surface area contributed by atoms with E-state index in [1.165, 1.54) is 0 Å². The van der Waals surface area contributed by atoms with Gasteiger partial charge in [0.2, 0.25) is 0 Å². The average molecular weight is 405 g/mol. The van der Waals surface area contributed by atoms with Gasteiger partial charge in [0.05, 0.1) is 5.92 Å². The monoisotopic (exact) mass is 403 g/mol. The summed E-state index contributed by atoms with van der Waals surface area (Å²) in [6.45, 7) is 1.74. The van der Waals surface area contributed by atoms with Crippen molar-refractivity contribution in [2.45, 2.75) is 18.4 Å². The topological polar surface area (TPSA) is 38.3 Å². The van der Waals surface area contributed by atoms with Crippen molar-refractivity contribution < 1.29 is 9.53 Å². The van der Waals surface area contributed by atoms with Crippen LogP contribution in [0.2, 0.25) is 0 Å². The second kappa shape index (κ2) is 7.57. The molecule has 0 spiro atoms. The van der Waals surface area contributed by atoms with Gasteiger partial charge < -0.3 is 10.1 Å². The van der Waals surface area contributed by atoms with E-state index in [0.29, 0.717) is 10.7 Å². The largest absolute Gasteiger partial charge is 0.454 e. The van der Waals surface area contributed by atoms with Gasteiger partial charge in [-0.25, -0.2) is 0 Å². The molecule has 5 heteroatoms. The summed E-state index contributed by atoms with van der Waals surface area (Å²) in [6.07, 6.45) is 1.64. The van der Waals surface area contributed by atoms with E-state index in [4.69, 9.17) is 4.74 Å². The van der Waals surface area contributed by atoms with Crippen molar-refractivity contribution in [2.75, 3.05) is 23.7 Å². The maximum atomic E-state index is 12.3. The second-order valence-electron chi connectivity index (χ2n) is 5.04. The Morgan fingerprint density at radius 3 is 2.35 bits per heavy atom. The highest BCUT2D eigenvalue weighted by Crippen LogP contribution is 2.35. The Labute approximate surface area is 136 Å². The van der Waals surface area contributed by atoms with Crippen molar-refractivity contribution in [3.63, 3.8) is 0 Å². The summed E-state index contributed by atoms with van der Waals surface area (Å²) in [5.74, 6) is -0.282. The van der Waals surface area contributed by atoms with Gasteiger partial charge >= 0.3 is 5.97 Å². The molecule has 0 unspecified atom stereocenters. The van der Waals surface area contributed by atoms with Crippen LogP contribution in [-0.2, 0) is 15.1 Å². The van der Waals surface area contributed by atoms with Gasteiger partial charge in [-0.1, -0.05) is 62.2 Å². The van der Waals surface area contributed by atoms with Gasteiger partial charge in [-0.3, -0.25) is 4.79 Å². The predicted molar refractivity (Wildman–Crippen MR) is 87.4 cm³/mol. The lowest BCUT2D eigenvalue weighted by Crippen LogP contribution is -2.44. The normalized spacial score (nSPS) is 17.9. The van der Waals surface area contributed by atoms with Crippen molar-refractivity contribution in [2.24, 2.45) is 5.92 Å². The Bertz CT molecular complexity index is 429. The van der Waals surface area contributed by atoms with Gasteiger partial charge in [-0.15, -0.1) is 0 Å². The Morgan fingerprint density at radius 2 is 1.80 bits per heavy atom. The molecular formula is C15H19Br2NO2. The molecule has 0 aromatic heterocycles. The minimum Gasteiger partial charge on any atom is -0.454 e. The number of hydrogen-bond donors (Lipinski definition) is 1. The van der Waals surface area contributed by atoms with Crippen LogP contribution in [0.4, 0.5) is 0 Å². The smallest absolute Gasteiger partial charge is 0.311 e. The van der Waals surface area contributed by atoms with Gasteiger partial charge in [0.15, 0.2) is 0 Å². The number of esters is 1. The Balaban J connectivity index is 2.22. The third kappa shape index (κ3) is 3.62.